The van der Waals surface area contributed by atoms with Crippen molar-refractivity contribution in [1.82, 2.24) is 30.3 Å². The van der Waals surface area contributed by atoms with E-state index in [0.29, 0.717) is 25.3 Å². The summed E-state index contributed by atoms with van der Waals surface area (Å²) in [5.74, 6) is 0.989. The van der Waals surface area contributed by atoms with Gasteiger partial charge in [0.2, 0.25) is 0 Å². The topological polar surface area (TPSA) is 79.6 Å². The maximum atomic E-state index is 13.0. The van der Waals surface area contributed by atoms with Gasteiger partial charge in [-0.05, 0) is 45.6 Å². The molecule has 184 valence electrons. The van der Waals surface area contributed by atoms with E-state index in [9.17, 15) is 13.2 Å². The van der Waals surface area contributed by atoms with Crippen molar-refractivity contribution < 1.29 is 17.9 Å². The van der Waals surface area contributed by atoms with E-state index in [2.05, 4.69) is 30.7 Å². The van der Waals surface area contributed by atoms with Gasteiger partial charge in [0.1, 0.15) is 12.4 Å². The minimum absolute atomic E-state index is 0. The fraction of sp³-hybridized carbons (Fsp3) is 0.850. The minimum Gasteiger partial charge on any atom is -0.379 e. The summed E-state index contributed by atoms with van der Waals surface area (Å²) in [6.07, 6.45) is -1.85. The maximum Gasteiger partial charge on any atom is 0.391 e. The molecule has 0 spiro atoms. The number of aryl methyl sites for hydroxylation is 1. The Balaban J connectivity index is 0.00000363. The first-order valence-corrected chi connectivity index (χ1v) is 11.1. The van der Waals surface area contributed by atoms with Crippen LogP contribution in [0.5, 0.6) is 0 Å². The number of guanidine groups is 1. The van der Waals surface area contributed by atoms with Gasteiger partial charge in [-0.2, -0.15) is 13.2 Å². The van der Waals surface area contributed by atoms with Gasteiger partial charge in [0.05, 0.1) is 19.1 Å². The van der Waals surface area contributed by atoms with Crippen LogP contribution in [0.4, 0.5) is 13.2 Å². The van der Waals surface area contributed by atoms with E-state index < -0.39 is 12.1 Å². The Morgan fingerprint density at radius 1 is 1.16 bits per heavy atom. The minimum atomic E-state index is -4.09. The largest absolute Gasteiger partial charge is 0.391 e. The van der Waals surface area contributed by atoms with Gasteiger partial charge in [0.25, 0.3) is 0 Å². The number of hydrogen-bond donors (Lipinski definition) is 2. The fourth-order valence-electron chi connectivity index (χ4n) is 3.98. The average Bonchev–Trinajstić information content (AvgIpc) is 3.07. The number of aliphatic imine (C=N–C) groups is 1. The van der Waals surface area contributed by atoms with Gasteiger partial charge in [0.15, 0.2) is 11.8 Å². The molecule has 0 atom stereocenters. The molecule has 3 rings (SSSR count). The smallest absolute Gasteiger partial charge is 0.379 e. The van der Waals surface area contributed by atoms with Crippen LogP contribution < -0.4 is 10.6 Å². The van der Waals surface area contributed by atoms with Crippen molar-refractivity contribution in [3.05, 3.63) is 11.6 Å². The first-order valence-electron chi connectivity index (χ1n) is 11.1. The van der Waals surface area contributed by atoms with Crippen LogP contribution in [-0.4, -0.2) is 77.2 Å². The molecule has 2 aliphatic rings. The highest BCUT2D eigenvalue weighted by molar-refractivity contribution is 14.0. The summed E-state index contributed by atoms with van der Waals surface area (Å²) in [4.78, 5) is 7.00. The molecule has 1 aliphatic carbocycles. The quantitative estimate of drug-likeness (QED) is 0.226. The van der Waals surface area contributed by atoms with Crippen LogP contribution in [0, 0.1) is 12.8 Å². The number of hydrogen-bond acceptors (Lipinski definition) is 5. The second-order valence-electron chi connectivity index (χ2n) is 8.36. The average molecular weight is 573 g/mol. The lowest BCUT2D eigenvalue weighted by Gasteiger charge is -2.31. The van der Waals surface area contributed by atoms with Crippen LogP contribution >= 0.6 is 24.0 Å². The zero-order valence-electron chi connectivity index (χ0n) is 18.8. The molecule has 2 heterocycles. The van der Waals surface area contributed by atoms with E-state index in [1.807, 2.05) is 18.5 Å². The van der Waals surface area contributed by atoms with Crippen LogP contribution in [-0.2, 0) is 18.3 Å². The molecule has 1 aromatic heterocycles. The lowest BCUT2D eigenvalue weighted by molar-refractivity contribution is -0.182. The number of nitrogens with one attached hydrogen (secondary N) is 2. The molecule has 0 unspecified atom stereocenters. The predicted molar refractivity (Wildman–Crippen MR) is 127 cm³/mol. The van der Waals surface area contributed by atoms with Crippen LogP contribution in [0.1, 0.15) is 43.8 Å². The molecule has 1 aromatic rings. The summed E-state index contributed by atoms with van der Waals surface area (Å²) < 4.78 is 46.1. The molecule has 2 fully saturated rings. The normalized spacial score (nSPS) is 23.0. The molecule has 1 aliphatic heterocycles. The zero-order chi connectivity index (χ0) is 22.3. The number of aromatic nitrogens is 3. The summed E-state index contributed by atoms with van der Waals surface area (Å²) in [5.41, 5.74) is 0. The van der Waals surface area contributed by atoms with Crippen LogP contribution in [0.25, 0.3) is 0 Å². The van der Waals surface area contributed by atoms with E-state index in [1.54, 1.807) is 0 Å². The lowest BCUT2D eigenvalue weighted by atomic mass is 9.85. The van der Waals surface area contributed by atoms with Crippen LogP contribution in [0.15, 0.2) is 4.99 Å². The Labute approximate surface area is 204 Å². The van der Waals surface area contributed by atoms with E-state index >= 15 is 0 Å². The molecule has 8 nitrogen and oxygen atoms in total. The van der Waals surface area contributed by atoms with Crippen molar-refractivity contribution >= 4 is 29.9 Å². The first kappa shape index (κ1) is 27.1. The SMILES string of the molecule is Cc1nnc(CN=C(NCCCN2CCOCC2)NC2CCC(C(F)(F)F)CC2)n1C.I. The summed E-state index contributed by atoms with van der Waals surface area (Å²) >= 11 is 0. The second-order valence-corrected chi connectivity index (χ2v) is 8.36. The van der Waals surface area contributed by atoms with E-state index in [1.165, 1.54) is 0 Å². The number of alkyl halides is 3. The molecule has 0 radical (unpaired) electrons. The fourth-order valence-corrected chi connectivity index (χ4v) is 3.98. The highest BCUT2D eigenvalue weighted by Crippen LogP contribution is 2.37. The van der Waals surface area contributed by atoms with Gasteiger partial charge < -0.3 is 19.9 Å². The Kier molecular flexibility index (Phi) is 10.9. The second kappa shape index (κ2) is 12.9. The molecule has 0 aromatic carbocycles. The maximum absolute atomic E-state index is 13.0. The summed E-state index contributed by atoms with van der Waals surface area (Å²) in [5, 5.41) is 14.9. The number of rotatable bonds is 7. The Morgan fingerprint density at radius 3 is 2.44 bits per heavy atom. The molecule has 0 bridgehead atoms. The standard InChI is InChI=1S/C20H34F3N7O.HI/c1-15-27-28-18(29(15)2)14-25-19(24-8-3-9-30-10-12-31-13-11-30)26-17-6-4-16(5-7-17)20(21,22)23;/h16-17H,3-14H2,1-2H3,(H2,24,25,26);1H. The Hall–Kier alpha value is -1.15. The predicted octanol–water partition coefficient (Wildman–Crippen LogP) is 2.62. The van der Waals surface area contributed by atoms with E-state index in [0.717, 1.165) is 57.5 Å². The molecule has 1 saturated heterocycles. The summed E-state index contributed by atoms with van der Waals surface area (Å²) in [7, 11) is 1.89. The van der Waals surface area contributed by atoms with Gasteiger partial charge in [0, 0.05) is 32.7 Å². The number of ether oxygens (including phenoxy) is 1. The number of nitrogens with zero attached hydrogens (tertiary/aromatic N) is 5. The summed E-state index contributed by atoms with van der Waals surface area (Å²) in [6, 6.07) is -0.00896. The van der Waals surface area contributed by atoms with E-state index in [4.69, 9.17) is 4.74 Å². The molecule has 2 N–H and O–H groups in total. The third-order valence-electron chi connectivity index (χ3n) is 6.14. The van der Waals surface area contributed by atoms with Crippen molar-refractivity contribution in [3.8, 4) is 0 Å². The lowest BCUT2D eigenvalue weighted by Crippen LogP contribution is -2.46. The van der Waals surface area contributed by atoms with Gasteiger partial charge in [-0.15, -0.1) is 34.2 Å². The van der Waals surface area contributed by atoms with Gasteiger partial charge in [-0.1, -0.05) is 0 Å². The molecule has 32 heavy (non-hydrogen) atoms. The third-order valence-corrected chi connectivity index (χ3v) is 6.14. The van der Waals surface area contributed by atoms with E-state index in [-0.39, 0.29) is 42.9 Å². The van der Waals surface area contributed by atoms with Crippen molar-refractivity contribution in [2.24, 2.45) is 18.0 Å². The number of halogens is 4. The van der Waals surface area contributed by atoms with Crippen molar-refractivity contribution in [1.29, 1.82) is 0 Å². The van der Waals surface area contributed by atoms with Gasteiger partial charge in [-0.3, -0.25) is 4.90 Å². The third kappa shape index (κ3) is 8.32. The van der Waals surface area contributed by atoms with Crippen LogP contribution in [0.3, 0.4) is 0 Å². The van der Waals surface area contributed by atoms with Gasteiger partial charge in [-0.25, -0.2) is 4.99 Å². The molecule has 12 heteroatoms. The molecule has 1 saturated carbocycles. The summed E-state index contributed by atoms with van der Waals surface area (Å²) in [6.45, 7) is 7.40. The molecular weight excluding hydrogens is 538 g/mol. The van der Waals surface area contributed by atoms with Crippen molar-refractivity contribution in [2.75, 3.05) is 39.4 Å². The first-order chi connectivity index (χ1) is 14.8. The number of morpholine rings is 1. The van der Waals surface area contributed by atoms with Gasteiger partial charge >= 0.3 is 6.18 Å². The molecular formula is C20H35F3IN7O. The van der Waals surface area contributed by atoms with Crippen molar-refractivity contribution in [3.63, 3.8) is 0 Å². The van der Waals surface area contributed by atoms with Crippen LogP contribution in [0.2, 0.25) is 0 Å². The zero-order valence-corrected chi connectivity index (χ0v) is 21.2. The highest BCUT2D eigenvalue weighted by atomic mass is 127. The monoisotopic (exact) mass is 573 g/mol. The Morgan fingerprint density at radius 2 is 1.84 bits per heavy atom. The Bertz CT molecular complexity index is 715. The highest BCUT2D eigenvalue weighted by Gasteiger charge is 2.41. The molecule has 0 amide bonds. The van der Waals surface area contributed by atoms with Crippen molar-refractivity contribution in [2.45, 2.75) is 57.8 Å².